The molecule has 0 aromatic heterocycles. The SMILES string of the molecule is CCCCCCCOc1ccc(C(=O)Oc2ccc(CCCCC3CCC(CCCCC)CC3)cc2)c(F)c1F. The highest BCUT2D eigenvalue weighted by atomic mass is 19.2. The van der Waals surface area contributed by atoms with Gasteiger partial charge in [0, 0.05) is 0 Å². The van der Waals surface area contributed by atoms with Crippen molar-refractivity contribution < 1.29 is 23.0 Å². The molecule has 0 spiro atoms. The Morgan fingerprint density at radius 3 is 1.98 bits per heavy atom. The topological polar surface area (TPSA) is 35.5 Å². The first-order valence-corrected chi connectivity index (χ1v) is 15.9. The van der Waals surface area contributed by atoms with Gasteiger partial charge in [-0.2, -0.15) is 4.39 Å². The third-order valence-electron chi connectivity index (χ3n) is 8.42. The number of hydrogen-bond donors (Lipinski definition) is 0. The zero-order chi connectivity index (χ0) is 28.6. The van der Waals surface area contributed by atoms with E-state index in [9.17, 15) is 13.6 Å². The third-order valence-corrected chi connectivity index (χ3v) is 8.42. The number of carbonyl (C=O) groups excluding carboxylic acids is 1. The van der Waals surface area contributed by atoms with Crippen LogP contribution < -0.4 is 9.47 Å². The molecule has 1 aliphatic rings. The van der Waals surface area contributed by atoms with Crippen LogP contribution >= 0.6 is 0 Å². The summed E-state index contributed by atoms with van der Waals surface area (Å²) in [6, 6.07) is 9.84. The predicted molar refractivity (Wildman–Crippen MR) is 159 cm³/mol. The first-order valence-electron chi connectivity index (χ1n) is 15.9. The fourth-order valence-corrected chi connectivity index (χ4v) is 5.83. The fourth-order valence-electron chi connectivity index (χ4n) is 5.83. The van der Waals surface area contributed by atoms with Crippen LogP contribution in [0.5, 0.6) is 11.5 Å². The van der Waals surface area contributed by atoms with Gasteiger partial charge < -0.3 is 9.47 Å². The normalized spacial score (nSPS) is 17.1. The molecule has 0 N–H and O–H groups in total. The Balaban J connectivity index is 1.36. The van der Waals surface area contributed by atoms with E-state index in [4.69, 9.17) is 9.47 Å². The van der Waals surface area contributed by atoms with Gasteiger partial charge in [-0.1, -0.05) is 116 Å². The third kappa shape index (κ3) is 10.9. The smallest absolute Gasteiger partial charge is 0.346 e. The Kier molecular flexibility index (Phi) is 14.5. The largest absolute Gasteiger partial charge is 0.490 e. The molecule has 0 bridgehead atoms. The van der Waals surface area contributed by atoms with Gasteiger partial charge in [0.25, 0.3) is 0 Å². The van der Waals surface area contributed by atoms with Gasteiger partial charge in [-0.15, -0.1) is 0 Å². The highest BCUT2D eigenvalue weighted by Gasteiger charge is 2.22. The van der Waals surface area contributed by atoms with Crippen LogP contribution in [0.3, 0.4) is 0 Å². The maximum atomic E-state index is 14.6. The van der Waals surface area contributed by atoms with Crippen LogP contribution in [-0.2, 0) is 6.42 Å². The summed E-state index contributed by atoms with van der Waals surface area (Å²) in [5, 5.41) is 0. The number of carbonyl (C=O) groups is 1. The molecular formula is C35H50F2O3. The molecule has 1 fully saturated rings. The summed E-state index contributed by atoms with van der Waals surface area (Å²) in [7, 11) is 0. The quantitative estimate of drug-likeness (QED) is 0.104. The molecule has 5 heteroatoms. The molecule has 0 saturated heterocycles. The van der Waals surface area contributed by atoms with Gasteiger partial charge in [0.2, 0.25) is 5.82 Å². The highest BCUT2D eigenvalue weighted by Crippen LogP contribution is 2.34. The molecular weight excluding hydrogens is 506 g/mol. The molecule has 3 nitrogen and oxygen atoms in total. The second-order valence-corrected chi connectivity index (χ2v) is 11.7. The van der Waals surface area contributed by atoms with Crippen LogP contribution in [-0.4, -0.2) is 12.6 Å². The van der Waals surface area contributed by atoms with Gasteiger partial charge in [0.15, 0.2) is 11.6 Å². The van der Waals surface area contributed by atoms with E-state index < -0.39 is 23.2 Å². The first-order chi connectivity index (χ1) is 19.5. The highest BCUT2D eigenvalue weighted by molar-refractivity contribution is 5.91. The van der Waals surface area contributed by atoms with Gasteiger partial charge >= 0.3 is 5.97 Å². The van der Waals surface area contributed by atoms with E-state index in [0.29, 0.717) is 12.4 Å². The lowest BCUT2D eigenvalue weighted by atomic mass is 9.78. The van der Waals surface area contributed by atoms with E-state index >= 15 is 0 Å². The summed E-state index contributed by atoms with van der Waals surface area (Å²) in [5.74, 6) is -1.32. The molecule has 0 atom stereocenters. The molecule has 40 heavy (non-hydrogen) atoms. The van der Waals surface area contributed by atoms with Gasteiger partial charge in [-0.05, 0) is 60.9 Å². The van der Waals surface area contributed by atoms with Crippen LogP contribution in [0.1, 0.15) is 133 Å². The minimum Gasteiger partial charge on any atom is -0.490 e. The van der Waals surface area contributed by atoms with Crippen LogP contribution in [0.2, 0.25) is 0 Å². The molecule has 1 saturated carbocycles. The minimum atomic E-state index is -1.24. The van der Waals surface area contributed by atoms with Crippen molar-refractivity contribution in [1.29, 1.82) is 0 Å². The van der Waals surface area contributed by atoms with Crippen LogP contribution in [0, 0.1) is 23.5 Å². The average molecular weight is 557 g/mol. The lowest BCUT2D eigenvalue weighted by molar-refractivity contribution is 0.0728. The summed E-state index contributed by atoms with van der Waals surface area (Å²) in [6.45, 7) is 4.73. The number of halogens is 2. The number of unbranched alkanes of at least 4 members (excludes halogenated alkanes) is 7. The van der Waals surface area contributed by atoms with E-state index in [1.807, 2.05) is 12.1 Å². The van der Waals surface area contributed by atoms with E-state index in [0.717, 1.165) is 56.8 Å². The molecule has 1 aliphatic carbocycles. The molecule has 2 aromatic rings. The van der Waals surface area contributed by atoms with Crippen LogP contribution in [0.4, 0.5) is 8.78 Å². The van der Waals surface area contributed by atoms with Crippen molar-refractivity contribution in [1.82, 2.24) is 0 Å². The molecule has 0 aliphatic heterocycles. The van der Waals surface area contributed by atoms with Crippen LogP contribution in [0.25, 0.3) is 0 Å². The number of esters is 1. The van der Waals surface area contributed by atoms with E-state index in [1.54, 1.807) is 12.1 Å². The second kappa shape index (κ2) is 18.1. The molecule has 2 aromatic carbocycles. The van der Waals surface area contributed by atoms with E-state index in [-0.39, 0.29) is 5.75 Å². The lowest BCUT2D eigenvalue weighted by Gasteiger charge is -2.28. The maximum absolute atomic E-state index is 14.6. The fraction of sp³-hybridized carbons (Fsp3) is 0.629. The Morgan fingerprint density at radius 1 is 0.725 bits per heavy atom. The van der Waals surface area contributed by atoms with Crippen molar-refractivity contribution in [3.8, 4) is 11.5 Å². The molecule has 3 rings (SSSR count). The van der Waals surface area contributed by atoms with Crippen molar-refractivity contribution in [3.63, 3.8) is 0 Å². The number of hydrogen-bond acceptors (Lipinski definition) is 3. The Bertz CT molecular complexity index is 996. The van der Waals surface area contributed by atoms with Gasteiger partial charge in [-0.3, -0.25) is 0 Å². The molecule has 0 radical (unpaired) electrons. The van der Waals surface area contributed by atoms with Crippen molar-refractivity contribution in [2.45, 2.75) is 123 Å². The van der Waals surface area contributed by atoms with Gasteiger partial charge in [0.05, 0.1) is 12.2 Å². The summed E-state index contributed by atoms with van der Waals surface area (Å²) < 4.78 is 39.8. The summed E-state index contributed by atoms with van der Waals surface area (Å²) in [6.07, 6.45) is 21.0. The lowest BCUT2D eigenvalue weighted by Crippen LogP contribution is -2.14. The van der Waals surface area contributed by atoms with Crippen molar-refractivity contribution in [3.05, 3.63) is 59.2 Å². The van der Waals surface area contributed by atoms with Gasteiger partial charge in [0.1, 0.15) is 5.75 Å². The summed E-state index contributed by atoms with van der Waals surface area (Å²) in [4.78, 5) is 12.5. The average Bonchev–Trinajstić information content (AvgIpc) is 2.97. The standard InChI is InChI=1S/C35H50F2O3/c1-3-5-7-8-12-26-39-32-25-24-31(33(36)34(32)37)35(38)40-30-22-20-29(21-23-30)15-11-10-14-28-18-16-27(17-19-28)13-9-6-4-2/h20-25,27-28H,3-19,26H2,1-2H3. The summed E-state index contributed by atoms with van der Waals surface area (Å²) in [5.41, 5.74) is 0.750. The zero-order valence-electron chi connectivity index (χ0n) is 24.8. The van der Waals surface area contributed by atoms with Crippen molar-refractivity contribution >= 4 is 5.97 Å². The summed E-state index contributed by atoms with van der Waals surface area (Å²) >= 11 is 0. The Morgan fingerprint density at radius 2 is 1.32 bits per heavy atom. The maximum Gasteiger partial charge on any atom is 0.346 e. The van der Waals surface area contributed by atoms with E-state index in [1.165, 1.54) is 81.9 Å². The second-order valence-electron chi connectivity index (χ2n) is 11.7. The van der Waals surface area contributed by atoms with Crippen molar-refractivity contribution in [2.24, 2.45) is 11.8 Å². The molecule has 0 heterocycles. The van der Waals surface area contributed by atoms with Crippen molar-refractivity contribution in [2.75, 3.05) is 6.61 Å². The molecule has 222 valence electrons. The van der Waals surface area contributed by atoms with E-state index in [2.05, 4.69) is 13.8 Å². The molecule has 0 unspecified atom stereocenters. The number of ether oxygens (including phenoxy) is 2. The number of aryl methyl sites for hydroxylation is 1. The monoisotopic (exact) mass is 556 g/mol. The van der Waals surface area contributed by atoms with Crippen LogP contribution in [0.15, 0.2) is 36.4 Å². The Hall–Kier alpha value is -2.43. The predicted octanol–water partition coefficient (Wildman–Crippen LogP) is 10.6. The Labute approximate surface area is 241 Å². The number of benzene rings is 2. The molecule has 0 amide bonds. The number of rotatable bonds is 18. The zero-order valence-corrected chi connectivity index (χ0v) is 24.8. The van der Waals surface area contributed by atoms with Gasteiger partial charge in [-0.25, -0.2) is 9.18 Å². The first kappa shape index (κ1) is 32.1. The minimum absolute atomic E-state index is 0.177.